The summed E-state index contributed by atoms with van der Waals surface area (Å²) < 4.78 is 11.0. The van der Waals surface area contributed by atoms with Crippen LogP contribution < -0.4 is 9.47 Å². The lowest BCUT2D eigenvalue weighted by atomic mass is 10.2. The van der Waals surface area contributed by atoms with E-state index in [1.807, 2.05) is 31.2 Å². The molecule has 0 aliphatic carbocycles. The van der Waals surface area contributed by atoms with Crippen LogP contribution in [0.2, 0.25) is 0 Å². The second kappa shape index (κ2) is 9.43. The first-order valence-electron chi connectivity index (χ1n) is 9.07. The molecule has 6 nitrogen and oxygen atoms in total. The highest BCUT2D eigenvalue weighted by molar-refractivity contribution is 7.98. The van der Waals surface area contributed by atoms with Crippen LogP contribution in [0.4, 0.5) is 0 Å². The van der Waals surface area contributed by atoms with Gasteiger partial charge in [-0.1, -0.05) is 17.8 Å². The van der Waals surface area contributed by atoms with Crippen molar-refractivity contribution < 1.29 is 9.47 Å². The predicted molar refractivity (Wildman–Crippen MR) is 118 cm³/mol. The Bertz CT molecular complexity index is 1060. The first-order valence-corrected chi connectivity index (χ1v) is 11.8. The first kappa shape index (κ1) is 19.9. The topological polar surface area (TPSA) is 72.9 Å². The van der Waals surface area contributed by atoms with Crippen molar-refractivity contribution in [2.75, 3.05) is 13.7 Å². The molecular formula is C20H20N4O2S3. The van der Waals surface area contributed by atoms with Gasteiger partial charge >= 0.3 is 0 Å². The van der Waals surface area contributed by atoms with E-state index in [4.69, 9.17) is 14.5 Å². The summed E-state index contributed by atoms with van der Waals surface area (Å²) >= 11 is 4.92. The third-order valence-corrected chi connectivity index (χ3v) is 6.74. The van der Waals surface area contributed by atoms with Gasteiger partial charge in [-0.2, -0.15) is 0 Å². The summed E-state index contributed by atoms with van der Waals surface area (Å²) in [6.45, 7) is 2.56. The molecule has 1 N–H and O–H groups in total. The van der Waals surface area contributed by atoms with Crippen LogP contribution in [0.15, 0.2) is 46.2 Å². The average molecular weight is 445 g/mol. The summed E-state index contributed by atoms with van der Waals surface area (Å²) in [7, 11) is 1.65. The summed E-state index contributed by atoms with van der Waals surface area (Å²) in [5, 5.41) is 13.2. The Hall–Kier alpha value is -2.36. The lowest BCUT2D eigenvalue weighted by Crippen LogP contribution is -1.95. The number of H-pyrrole nitrogens is 1. The van der Waals surface area contributed by atoms with Crippen LogP contribution in [0.5, 0.6) is 11.5 Å². The summed E-state index contributed by atoms with van der Waals surface area (Å²) in [5.41, 5.74) is 2.02. The van der Waals surface area contributed by atoms with Gasteiger partial charge < -0.3 is 9.47 Å². The van der Waals surface area contributed by atoms with Gasteiger partial charge in [0.1, 0.15) is 10.8 Å². The molecule has 0 saturated heterocycles. The Morgan fingerprint density at radius 1 is 1.14 bits per heavy atom. The number of nitrogens with zero attached hydrogens (tertiary/aromatic N) is 3. The average Bonchev–Trinajstić information content (AvgIpc) is 3.50. The van der Waals surface area contributed by atoms with Crippen LogP contribution in [-0.2, 0) is 12.2 Å². The highest BCUT2D eigenvalue weighted by atomic mass is 32.2. The molecule has 0 spiro atoms. The van der Waals surface area contributed by atoms with E-state index in [1.165, 1.54) is 4.88 Å². The van der Waals surface area contributed by atoms with Crippen LogP contribution in [0.3, 0.4) is 0 Å². The molecule has 1 aromatic carbocycles. The number of nitrogens with one attached hydrogen (secondary N) is 1. The monoisotopic (exact) mass is 444 g/mol. The van der Waals surface area contributed by atoms with E-state index in [0.717, 1.165) is 50.9 Å². The van der Waals surface area contributed by atoms with E-state index in [0.29, 0.717) is 6.61 Å². The van der Waals surface area contributed by atoms with E-state index in [2.05, 4.69) is 32.0 Å². The standard InChI is InChI=1S/C20H20N4O2S3/c1-3-26-16-7-6-13(9-17(16)25-2)19-21-14(11-28-19)12-29-20-22-18(23-24-20)10-15-5-4-8-27-15/h4-9,11H,3,10,12H2,1-2H3,(H,22,23,24). The summed E-state index contributed by atoms with van der Waals surface area (Å²) in [4.78, 5) is 10.6. The molecule has 150 valence electrons. The van der Waals surface area contributed by atoms with E-state index < -0.39 is 0 Å². The third kappa shape index (κ3) is 4.98. The molecule has 4 rings (SSSR count). The molecule has 0 radical (unpaired) electrons. The van der Waals surface area contributed by atoms with Gasteiger partial charge in [0.05, 0.1) is 19.4 Å². The van der Waals surface area contributed by atoms with Crippen LogP contribution in [0.25, 0.3) is 10.6 Å². The lowest BCUT2D eigenvalue weighted by molar-refractivity contribution is 0.311. The molecular weight excluding hydrogens is 424 g/mol. The number of methoxy groups -OCH3 is 1. The fourth-order valence-corrected chi connectivity index (χ4v) is 5.06. The Morgan fingerprint density at radius 2 is 2.07 bits per heavy atom. The molecule has 0 aliphatic heterocycles. The van der Waals surface area contributed by atoms with Crippen molar-refractivity contribution in [2.45, 2.75) is 24.3 Å². The normalized spacial score (nSPS) is 11.0. The molecule has 0 amide bonds. The highest BCUT2D eigenvalue weighted by Crippen LogP contribution is 2.34. The number of thiazole rings is 1. The Labute approximate surface area is 181 Å². The van der Waals surface area contributed by atoms with Crippen molar-refractivity contribution in [3.63, 3.8) is 0 Å². The maximum absolute atomic E-state index is 5.58. The van der Waals surface area contributed by atoms with Gasteiger partial charge in [0.25, 0.3) is 0 Å². The molecule has 0 aliphatic rings. The number of ether oxygens (including phenoxy) is 2. The minimum Gasteiger partial charge on any atom is -0.493 e. The number of rotatable bonds is 9. The van der Waals surface area contributed by atoms with Crippen LogP contribution in [0, 0.1) is 0 Å². The quantitative estimate of drug-likeness (QED) is 0.354. The Morgan fingerprint density at radius 3 is 2.86 bits per heavy atom. The van der Waals surface area contributed by atoms with Crippen LogP contribution in [0.1, 0.15) is 23.3 Å². The maximum atomic E-state index is 5.58. The van der Waals surface area contributed by atoms with Gasteiger partial charge in [0, 0.05) is 28.0 Å². The number of thioether (sulfide) groups is 1. The third-order valence-electron chi connectivity index (χ3n) is 4.04. The number of benzene rings is 1. The highest BCUT2D eigenvalue weighted by Gasteiger charge is 2.11. The fraction of sp³-hybridized carbons (Fsp3) is 0.250. The van der Waals surface area contributed by atoms with E-state index in [-0.39, 0.29) is 0 Å². The van der Waals surface area contributed by atoms with Crippen molar-refractivity contribution in [3.05, 3.63) is 57.5 Å². The SMILES string of the molecule is CCOc1ccc(-c2nc(CSc3n[nH]c(Cc4cccs4)n3)cs2)cc1OC. The van der Waals surface area contributed by atoms with Gasteiger partial charge in [-0.05, 0) is 36.6 Å². The maximum Gasteiger partial charge on any atom is 0.208 e. The molecule has 29 heavy (non-hydrogen) atoms. The number of thiophene rings is 1. The summed E-state index contributed by atoms with van der Waals surface area (Å²) in [6, 6.07) is 10.1. The van der Waals surface area contributed by atoms with Crippen molar-refractivity contribution in [1.82, 2.24) is 20.2 Å². The first-order chi connectivity index (χ1) is 14.2. The van der Waals surface area contributed by atoms with Crippen molar-refractivity contribution in [1.29, 1.82) is 0 Å². The Balaban J connectivity index is 1.39. The van der Waals surface area contributed by atoms with Gasteiger partial charge in [-0.25, -0.2) is 9.97 Å². The molecule has 9 heteroatoms. The molecule has 0 fully saturated rings. The molecule has 4 aromatic rings. The van der Waals surface area contributed by atoms with Crippen LogP contribution in [-0.4, -0.2) is 33.9 Å². The van der Waals surface area contributed by atoms with E-state index in [9.17, 15) is 0 Å². The predicted octanol–water partition coefficient (Wildman–Crippen LogP) is 5.28. The van der Waals surface area contributed by atoms with E-state index >= 15 is 0 Å². The number of aromatic amines is 1. The summed E-state index contributed by atoms with van der Waals surface area (Å²) in [6.07, 6.45) is 0.783. The zero-order chi connectivity index (χ0) is 20.1. The molecule has 0 atom stereocenters. The zero-order valence-electron chi connectivity index (χ0n) is 16.0. The Kier molecular flexibility index (Phi) is 6.48. The van der Waals surface area contributed by atoms with Crippen molar-refractivity contribution >= 4 is 34.4 Å². The van der Waals surface area contributed by atoms with Gasteiger partial charge in [0.15, 0.2) is 11.5 Å². The number of hydrogen-bond acceptors (Lipinski definition) is 8. The molecule has 0 unspecified atom stereocenters. The van der Waals surface area contributed by atoms with Gasteiger partial charge in [0.2, 0.25) is 5.16 Å². The zero-order valence-corrected chi connectivity index (χ0v) is 18.5. The lowest BCUT2D eigenvalue weighted by Gasteiger charge is -2.09. The van der Waals surface area contributed by atoms with Crippen molar-refractivity contribution in [2.24, 2.45) is 0 Å². The molecule has 3 aromatic heterocycles. The largest absolute Gasteiger partial charge is 0.493 e. The number of hydrogen-bond donors (Lipinski definition) is 1. The summed E-state index contributed by atoms with van der Waals surface area (Å²) in [5.74, 6) is 3.07. The molecule has 0 saturated carbocycles. The minimum atomic E-state index is 0.602. The van der Waals surface area contributed by atoms with Gasteiger partial charge in [-0.15, -0.1) is 27.8 Å². The smallest absolute Gasteiger partial charge is 0.208 e. The van der Waals surface area contributed by atoms with Crippen LogP contribution >= 0.6 is 34.4 Å². The second-order valence-electron chi connectivity index (χ2n) is 6.05. The second-order valence-corrected chi connectivity index (χ2v) is 8.88. The molecule has 0 bridgehead atoms. The van der Waals surface area contributed by atoms with Crippen molar-refractivity contribution in [3.8, 4) is 22.1 Å². The number of aromatic nitrogens is 4. The minimum absolute atomic E-state index is 0.602. The van der Waals surface area contributed by atoms with E-state index in [1.54, 1.807) is 41.5 Å². The molecule has 3 heterocycles. The fourth-order valence-electron chi connectivity index (χ4n) is 2.72. The van der Waals surface area contributed by atoms with Gasteiger partial charge in [-0.3, -0.25) is 5.10 Å².